The van der Waals surface area contributed by atoms with Gasteiger partial charge in [-0.25, -0.2) is 0 Å². The maximum absolute atomic E-state index is 11.7. The SMILES string of the molecule is CCCCC(=O)Nc1cccc(N2CCOCC2)c1. The van der Waals surface area contributed by atoms with Crippen molar-refractivity contribution in [1.82, 2.24) is 0 Å². The first-order valence-electron chi connectivity index (χ1n) is 7.02. The van der Waals surface area contributed by atoms with Crippen LogP contribution in [-0.4, -0.2) is 32.2 Å². The summed E-state index contributed by atoms with van der Waals surface area (Å²) >= 11 is 0. The Labute approximate surface area is 114 Å². The third-order valence-corrected chi connectivity index (χ3v) is 3.26. The molecule has 4 heteroatoms. The van der Waals surface area contributed by atoms with E-state index in [4.69, 9.17) is 4.74 Å². The van der Waals surface area contributed by atoms with Gasteiger partial charge < -0.3 is 15.0 Å². The first kappa shape index (κ1) is 13.9. The fourth-order valence-electron chi connectivity index (χ4n) is 2.16. The Balaban J connectivity index is 1.96. The number of benzene rings is 1. The van der Waals surface area contributed by atoms with E-state index in [0.29, 0.717) is 6.42 Å². The number of carbonyl (C=O) groups excluding carboxylic acids is 1. The van der Waals surface area contributed by atoms with Gasteiger partial charge in [-0.2, -0.15) is 0 Å². The average molecular weight is 262 g/mol. The Morgan fingerprint density at radius 1 is 1.37 bits per heavy atom. The number of hydrogen-bond donors (Lipinski definition) is 1. The Kier molecular flexibility index (Phi) is 5.21. The molecule has 1 aliphatic rings. The molecular formula is C15H22N2O2. The van der Waals surface area contributed by atoms with Gasteiger partial charge in [0.15, 0.2) is 0 Å². The lowest BCUT2D eigenvalue weighted by Gasteiger charge is -2.29. The summed E-state index contributed by atoms with van der Waals surface area (Å²) in [6.07, 6.45) is 2.58. The van der Waals surface area contributed by atoms with Gasteiger partial charge in [-0.05, 0) is 24.6 Å². The molecule has 1 aliphatic heterocycles. The summed E-state index contributed by atoms with van der Waals surface area (Å²) in [5.74, 6) is 0.0981. The van der Waals surface area contributed by atoms with E-state index in [2.05, 4.69) is 23.2 Å². The number of amides is 1. The van der Waals surface area contributed by atoms with E-state index in [-0.39, 0.29) is 5.91 Å². The lowest BCUT2D eigenvalue weighted by Crippen LogP contribution is -2.36. The number of hydrogen-bond acceptors (Lipinski definition) is 3. The zero-order chi connectivity index (χ0) is 13.5. The molecule has 0 bridgehead atoms. The van der Waals surface area contributed by atoms with Gasteiger partial charge in [-0.15, -0.1) is 0 Å². The van der Waals surface area contributed by atoms with E-state index < -0.39 is 0 Å². The first-order chi connectivity index (χ1) is 9.29. The molecule has 0 unspecified atom stereocenters. The molecule has 1 N–H and O–H groups in total. The Bertz CT molecular complexity index is 414. The molecule has 0 saturated carbocycles. The van der Waals surface area contributed by atoms with Gasteiger partial charge in [0.2, 0.25) is 5.91 Å². The van der Waals surface area contributed by atoms with Crippen LogP contribution in [-0.2, 0) is 9.53 Å². The molecule has 0 aromatic heterocycles. The molecule has 1 heterocycles. The number of unbranched alkanes of at least 4 members (excludes halogenated alkanes) is 1. The zero-order valence-electron chi connectivity index (χ0n) is 11.5. The average Bonchev–Trinajstić information content (AvgIpc) is 2.46. The molecule has 1 aromatic carbocycles. The van der Waals surface area contributed by atoms with Crippen LogP contribution in [0.2, 0.25) is 0 Å². The van der Waals surface area contributed by atoms with Crippen LogP contribution in [0.3, 0.4) is 0 Å². The number of nitrogens with zero attached hydrogens (tertiary/aromatic N) is 1. The Morgan fingerprint density at radius 3 is 2.89 bits per heavy atom. The van der Waals surface area contributed by atoms with Gasteiger partial charge in [0, 0.05) is 30.9 Å². The van der Waals surface area contributed by atoms with Crippen LogP contribution in [0.4, 0.5) is 11.4 Å². The molecule has 0 atom stereocenters. The Hall–Kier alpha value is -1.55. The molecule has 4 nitrogen and oxygen atoms in total. The van der Waals surface area contributed by atoms with Crippen LogP contribution < -0.4 is 10.2 Å². The molecule has 19 heavy (non-hydrogen) atoms. The fourth-order valence-corrected chi connectivity index (χ4v) is 2.16. The standard InChI is InChI=1S/C15H22N2O2/c1-2-3-7-15(18)16-13-5-4-6-14(12-13)17-8-10-19-11-9-17/h4-6,12H,2-3,7-11H2,1H3,(H,16,18). The first-order valence-corrected chi connectivity index (χ1v) is 7.02. The van der Waals surface area contributed by atoms with Gasteiger partial charge in [0.1, 0.15) is 0 Å². The molecule has 0 radical (unpaired) electrons. The molecule has 104 valence electrons. The minimum absolute atomic E-state index is 0.0981. The van der Waals surface area contributed by atoms with Gasteiger partial charge in [-0.3, -0.25) is 4.79 Å². The van der Waals surface area contributed by atoms with Crippen LogP contribution in [0.1, 0.15) is 26.2 Å². The number of anilines is 2. The van der Waals surface area contributed by atoms with Gasteiger partial charge >= 0.3 is 0 Å². The third-order valence-electron chi connectivity index (χ3n) is 3.26. The predicted octanol–water partition coefficient (Wildman–Crippen LogP) is 2.65. The smallest absolute Gasteiger partial charge is 0.224 e. The van der Waals surface area contributed by atoms with E-state index in [1.807, 2.05) is 18.2 Å². The van der Waals surface area contributed by atoms with E-state index >= 15 is 0 Å². The van der Waals surface area contributed by atoms with E-state index in [1.165, 1.54) is 0 Å². The normalized spacial score (nSPS) is 15.3. The highest BCUT2D eigenvalue weighted by Crippen LogP contribution is 2.20. The lowest BCUT2D eigenvalue weighted by atomic mass is 10.2. The van der Waals surface area contributed by atoms with Crippen LogP contribution in [0.15, 0.2) is 24.3 Å². The summed E-state index contributed by atoms with van der Waals surface area (Å²) in [7, 11) is 0. The van der Waals surface area contributed by atoms with Crippen molar-refractivity contribution in [3.05, 3.63) is 24.3 Å². The summed E-state index contributed by atoms with van der Waals surface area (Å²) in [5, 5.41) is 2.96. The number of ether oxygens (including phenoxy) is 1. The van der Waals surface area contributed by atoms with Crippen molar-refractivity contribution in [2.45, 2.75) is 26.2 Å². The van der Waals surface area contributed by atoms with Crippen molar-refractivity contribution in [3.63, 3.8) is 0 Å². The highest BCUT2D eigenvalue weighted by atomic mass is 16.5. The Morgan fingerprint density at radius 2 is 2.16 bits per heavy atom. The second-order valence-corrected chi connectivity index (χ2v) is 4.80. The van der Waals surface area contributed by atoms with Crippen LogP contribution in [0.25, 0.3) is 0 Å². The maximum Gasteiger partial charge on any atom is 0.224 e. The van der Waals surface area contributed by atoms with Crippen LogP contribution in [0, 0.1) is 0 Å². The summed E-state index contributed by atoms with van der Waals surface area (Å²) in [6, 6.07) is 8.04. The van der Waals surface area contributed by atoms with Crippen molar-refractivity contribution in [2.75, 3.05) is 36.5 Å². The van der Waals surface area contributed by atoms with E-state index in [1.54, 1.807) is 0 Å². The van der Waals surface area contributed by atoms with Crippen LogP contribution >= 0.6 is 0 Å². The molecule has 0 spiro atoms. The van der Waals surface area contributed by atoms with Crippen molar-refractivity contribution >= 4 is 17.3 Å². The fraction of sp³-hybridized carbons (Fsp3) is 0.533. The molecular weight excluding hydrogens is 240 g/mol. The van der Waals surface area contributed by atoms with Gasteiger partial charge in [0.25, 0.3) is 0 Å². The quantitative estimate of drug-likeness (QED) is 0.887. The molecule has 2 rings (SSSR count). The molecule has 1 aromatic rings. The van der Waals surface area contributed by atoms with Crippen molar-refractivity contribution < 1.29 is 9.53 Å². The molecule has 1 saturated heterocycles. The maximum atomic E-state index is 11.7. The highest BCUT2D eigenvalue weighted by Gasteiger charge is 2.11. The van der Waals surface area contributed by atoms with Crippen LogP contribution in [0.5, 0.6) is 0 Å². The second kappa shape index (κ2) is 7.14. The summed E-state index contributed by atoms with van der Waals surface area (Å²) < 4.78 is 5.35. The number of morpholine rings is 1. The summed E-state index contributed by atoms with van der Waals surface area (Å²) in [6.45, 7) is 5.45. The molecule has 1 fully saturated rings. The number of nitrogens with one attached hydrogen (secondary N) is 1. The number of rotatable bonds is 5. The van der Waals surface area contributed by atoms with Gasteiger partial charge in [-0.1, -0.05) is 19.4 Å². The third kappa shape index (κ3) is 4.24. The summed E-state index contributed by atoms with van der Waals surface area (Å²) in [4.78, 5) is 14.0. The van der Waals surface area contributed by atoms with Crippen molar-refractivity contribution in [3.8, 4) is 0 Å². The largest absolute Gasteiger partial charge is 0.378 e. The van der Waals surface area contributed by atoms with E-state index in [9.17, 15) is 4.79 Å². The minimum Gasteiger partial charge on any atom is -0.378 e. The predicted molar refractivity (Wildman–Crippen MR) is 77.6 cm³/mol. The lowest BCUT2D eigenvalue weighted by molar-refractivity contribution is -0.116. The zero-order valence-corrected chi connectivity index (χ0v) is 11.5. The van der Waals surface area contributed by atoms with Gasteiger partial charge in [0.05, 0.1) is 13.2 Å². The topological polar surface area (TPSA) is 41.6 Å². The highest BCUT2D eigenvalue weighted by molar-refractivity contribution is 5.91. The van der Waals surface area contributed by atoms with Crippen molar-refractivity contribution in [2.24, 2.45) is 0 Å². The second-order valence-electron chi connectivity index (χ2n) is 4.80. The van der Waals surface area contributed by atoms with E-state index in [0.717, 1.165) is 50.5 Å². The minimum atomic E-state index is 0.0981. The summed E-state index contributed by atoms with van der Waals surface area (Å²) in [5.41, 5.74) is 2.03. The number of carbonyl (C=O) groups is 1. The monoisotopic (exact) mass is 262 g/mol. The molecule has 0 aliphatic carbocycles. The molecule has 1 amide bonds. The van der Waals surface area contributed by atoms with Crippen molar-refractivity contribution in [1.29, 1.82) is 0 Å².